The first-order valence-electron chi connectivity index (χ1n) is 9.00. The van der Waals surface area contributed by atoms with Crippen molar-refractivity contribution in [3.05, 3.63) is 79.4 Å². The van der Waals surface area contributed by atoms with Crippen molar-refractivity contribution in [3.63, 3.8) is 0 Å². The highest BCUT2D eigenvalue weighted by Gasteiger charge is 2.19. The van der Waals surface area contributed by atoms with Gasteiger partial charge in [-0.2, -0.15) is 0 Å². The molecule has 27 heavy (non-hydrogen) atoms. The molecule has 4 nitrogen and oxygen atoms in total. The average molecular weight is 361 g/mol. The maximum absolute atomic E-state index is 12.7. The molecule has 0 aromatic heterocycles. The van der Waals surface area contributed by atoms with Crippen molar-refractivity contribution in [2.75, 3.05) is 11.9 Å². The van der Waals surface area contributed by atoms with E-state index in [1.54, 1.807) is 18.2 Å². The van der Waals surface area contributed by atoms with Gasteiger partial charge in [0.1, 0.15) is 18.1 Å². The zero-order valence-corrected chi connectivity index (χ0v) is 15.4. The van der Waals surface area contributed by atoms with E-state index in [0.29, 0.717) is 24.5 Å². The maximum atomic E-state index is 12.7. The predicted octanol–water partition coefficient (Wildman–Crippen LogP) is 5.20. The molecule has 3 rings (SSSR count). The molecule has 1 amide bonds. The smallest absolute Gasteiger partial charge is 0.265 e. The van der Waals surface area contributed by atoms with Gasteiger partial charge in [0.25, 0.3) is 5.91 Å². The number of benzene rings is 3. The molecule has 1 unspecified atom stereocenters. The first-order valence-corrected chi connectivity index (χ1v) is 9.00. The molecule has 1 atom stereocenters. The first kappa shape index (κ1) is 18.5. The van der Waals surface area contributed by atoms with Gasteiger partial charge in [-0.1, -0.05) is 56.0 Å². The van der Waals surface area contributed by atoms with E-state index in [2.05, 4.69) is 11.9 Å². The quantitative estimate of drug-likeness (QED) is 0.561. The summed E-state index contributed by atoms with van der Waals surface area (Å²) >= 11 is 0. The van der Waals surface area contributed by atoms with Crippen LogP contribution in [0.2, 0.25) is 0 Å². The van der Waals surface area contributed by atoms with E-state index in [9.17, 15) is 4.79 Å². The Hall–Kier alpha value is -3.27. The van der Waals surface area contributed by atoms with Crippen molar-refractivity contribution in [2.24, 2.45) is 0 Å². The molecule has 0 heterocycles. The SMILES string of the molecule is C=CCOc1ccc(NC(=O)C(CC)Oc2cccc3ccccc23)cc1. The van der Waals surface area contributed by atoms with E-state index < -0.39 is 6.10 Å². The minimum Gasteiger partial charge on any atom is -0.490 e. The predicted molar refractivity (Wildman–Crippen MR) is 109 cm³/mol. The largest absolute Gasteiger partial charge is 0.490 e. The Morgan fingerprint density at radius 3 is 2.56 bits per heavy atom. The van der Waals surface area contributed by atoms with Crippen molar-refractivity contribution in [1.82, 2.24) is 0 Å². The molecule has 1 N–H and O–H groups in total. The number of fused-ring (bicyclic) bond motifs is 1. The van der Waals surface area contributed by atoms with Crippen molar-refractivity contribution < 1.29 is 14.3 Å². The number of ether oxygens (including phenoxy) is 2. The lowest BCUT2D eigenvalue weighted by atomic mass is 10.1. The van der Waals surface area contributed by atoms with Crippen LogP contribution in [-0.4, -0.2) is 18.6 Å². The monoisotopic (exact) mass is 361 g/mol. The van der Waals surface area contributed by atoms with E-state index in [1.807, 2.05) is 61.5 Å². The van der Waals surface area contributed by atoms with Crippen molar-refractivity contribution in [1.29, 1.82) is 0 Å². The van der Waals surface area contributed by atoms with Crippen molar-refractivity contribution >= 4 is 22.4 Å². The van der Waals surface area contributed by atoms with Gasteiger partial charge in [0, 0.05) is 11.1 Å². The van der Waals surface area contributed by atoms with E-state index in [-0.39, 0.29) is 5.91 Å². The fraction of sp³-hybridized carbons (Fsp3) is 0.174. The molecular formula is C23H23NO3. The molecule has 0 aliphatic heterocycles. The Kier molecular flexibility index (Phi) is 6.10. The Morgan fingerprint density at radius 2 is 1.81 bits per heavy atom. The summed E-state index contributed by atoms with van der Waals surface area (Å²) in [6.45, 7) is 6.00. The van der Waals surface area contributed by atoms with Gasteiger partial charge in [-0.25, -0.2) is 0 Å². The summed E-state index contributed by atoms with van der Waals surface area (Å²) in [5.41, 5.74) is 0.700. The molecule has 0 radical (unpaired) electrons. The highest BCUT2D eigenvalue weighted by molar-refractivity contribution is 5.95. The third kappa shape index (κ3) is 4.67. The lowest BCUT2D eigenvalue weighted by Gasteiger charge is -2.18. The number of anilines is 1. The molecule has 0 spiro atoms. The maximum Gasteiger partial charge on any atom is 0.265 e. The average Bonchev–Trinajstić information content (AvgIpc) is 2.71. The number of carbonyl (C=O) groups excluding carboxylic acids is 1. The summed E-state index contributed by atoms with van der Waals surface area (Å²) < 4.78 is 11.5. The third-order valence-corrected chi connectivity index (χ3v) is 4.17. The zero-order chi connectivity index (χ0) is 19.1. The van der Waals surface area contributed by atoms with Crippen molar-refractivity contribution in [2.45, 2.75) is 19.4 Å². The standard InChI is InChI=1S/C23H23NO3/c1-3-16-26-19-14-12-18(13-15-19)24-23(25)21(4-2)27-22-11-7-9-17-8-5-6-10-20(17)22/h3,5-15,21H,1,4,16H2,2H3,(H,24,25). The Balaban J connectivity index is 1.69. The molecule has 0 aliphatic rings. The van der Waals surface area contributed by atoms with E-state index in [1.165, 1.54) is 0 Å². The van der Waals surface area contributed by atoms with E-state index in [4.69, 9.17) is 9.47 Å². The molecule has 0 fully saturated rings. The van der Waals surface area contributed by atoms with E-state index >= 15 is 0 Å². The van der Waals surface area contributed by atoms with Gasteiger partial charge in [-0.3, -0.25) is 4.79 Å². The second kappa shape index (κ2) is 8.90. The van der Waals surface area contributed by atoms with Crippen LogP contribution in [0.1, 0.15) is 13.3 Å². The molecule has 0 saturated carbocycles. The van der Waals surface area contributed by atoms with Crippen LogP contribution in [-0.2, 0) is 4.79 Å². The summed E-state index contributed by atoms with van der Waals surface area (Å²) in [6, 6.07) is 21.1. The van der Waals surface area contributed by atoms with Gasteiger partial charge in [-0.05, 0) is 42.1 Å². The lowest BCUT2D eigenvalue weighted by molar-refractivity contribution is -0.122. The van der Waals surface area contributed by atoms with Crippen LogP contribution < -0.4 is 14.8 Å². The van der Waals surface area contributed by atoms with Crippen LogP contribution in [0.5, 0.6) is 11.5 Å². The zero-order valence-electron chi connectivity index (χ0n) is 15.4. The summed E-state index contributed by atoms with van der Waals surface area (Å²) in [5, 5.41) is 4.98. The van der Waals surface area contributed by atoms with Gasteiger partial charge < -0.3 is 14.8 Å². The molecule has 138 valence electrons. The molecule has 4 heteroatoms. The second-order valence-corrected chi connectivity index (χ2v) is 6.11. The number of amides is 1. The van der Waals surface area contributed by atoms with E-state index in [0.717, 1.165) is 16.5 Å². The fourth-order valence-corrected chi connectivity index (χ4v) is 2.79. The van der Waals surface area contributed by atoms with Crippen molar-refractivity contribution in [3.8, 4) is 11.5 Å². The Morgan fingerprint density at radius 1 is 1.07 bits per heavy atom. The molecular weight excluding hydrogens is 338 g/mol. The fourth-order valence-electron chi connectivity index (χ4n) is 2.79. The van der Waals surface area contributed by atoms with Crippen LogP contribution in [0.25, 0.3) is 10.8 Å². The van der Waals surface area contributed by atoms with Crippen LogP contribution in [0.3, 0.4) is 0 Å². The topological polar surface area (TPSA) is 47.6 Å². The van der Waals surface area contributed by atoms with Crippen LogP contribution >= 0.6 is 0 Å². The van der Waals surface area contributed by atoms with Gasteiger partial charge >= 0.3 is 0 Å². The number of carbonyl (C=O) groups is 1. The van der Waals surface area contributed by atoms with Crippen LogP contribution in [0.15, 0.2) is 79.4 Å². The summed E-state index contributed by atoms with van der Waals surface area (Å²) in [5.74, 6) is 1.26. The number of hydrogen-bond acceptors (Lipinski definition) is 3. The summed E-state index contributed by atoms with van der Waals surface area (Å²) in [4.78, 5) is 12.7. The third-order valence-electron chi connectivity index (χ3n) is 4.17. The lowest BCUT2D eigenvalue weighted by Crippen LogP contribution is -2.32. The molecule has 0 aliphatic carbocycles. The van der Waals surface area contributed by atoms with Gasteiger partial charge in [0.2, 0.25) is 0 Å². The minimum atomic E-state index is -0.576. The van der Waals surface area contributed by atoms with Crippen LogP contribution in [0, 0.1) is 0 Å². The molecule has 3 aromatic carbocycles. The minimum absolute atomic E-state index is 0.176. The highest BCUT2D eigenvalue weighted by Crippen LogP contribution is 2.27. The Bertz CT molecular complexity index is 913. The molecule has 0 bridgehead atoms. The first-order chi connectivity index (χ1) is 13.2. The van der Waals surface area contributed by atoms with Crippen LogP contribution in [0.4, 0.5) is 5.69 Å². The number of nitrogens with one attached hydrogen (secondary N) is 1. The summed E-state index contributed by atoms with van der Waals surface area (Å²) in [7, 11) is 0. The normalized spacial score (nSPS) is 11.6. The number of rotatable bonds is 8. The molecule has 3 aromatic rings. The Labute approximate surface area is 159 Å². The highest BCUT2D eigenvalue weighted by atomic mass is 16.5. The van der Waals surface area contributed by atoms with Gasteiger partial charge in [0.15, 0.2) is 6.10 Å². The summed E-state index contributed by atoms with van der Waals surface area (Å²) in [6.07, 6.45) is 1.68. The van der Waals surface area contributed by atoms with Gasteiger partial charge in [-0.15, -0.1) is 0 Å². The van der Waals surface area contributed by atoms with Gasteiger partial charge in [0.05, 0.1) is 0 Å². The molecule has 0 saturated heterocycles. The second-order valence-electron chi connectivity index (χ2n) is 6.11. The number of hydrogen-bond donors (Lipinski definition) is 1.